The van der Waals surface area contributed by atoms with Gasteiger partial charge in [-0.3, -0.25) is 4.90 Å². The van der Waals surface area contributed by atoms with Gasteiger partial charge in [0, 0.05) is 36.9 Å². The maximum absolute atomic E-state index is 5.90. The van der Waals surface area contributed by atoms with E-state index in [0.29, 0.717) is 10.8 Å². The Balaban J connectivity index is 1.34. The number of fused-ring (bicyclic) bond motifs is 3. The van der Waals surface area contributed by atoms with Crippen LogP contribution >= 0.6 is 11.6 Å². The minimum atomic E-state index is 0.170. The summed E-state index contributed by atoms with van der Waals surface area (Å²) in [5.41, 5.74) is 4.99. The summed E-state index contributed by atoms with van der Waals surface area (Å²) < 4.78 is 9.45. The van der Waals surface area contributed by atoms with Crippen LogP contribution in [0.15, 0.2) is 35.7 Å². The van der Waals surface area contributed by atoms with Gasteiger partial charge in [-0.1, -0.05) is 28.9 Å². The SMILES string of the molecule is Cc1c(C)n(CCN2CCOCC2)c2ncn3nc(CON=Cc4ccc(Cl)cc4)nc3c12. The molecular formula is C23H26ClN7O2. The van der Waals surface area contributed by atoms with Crippen molar-refractivity contribution in [1.29, 1.82) is 0 Å². The maximum atomic E-state index is 5.90. The third-order valence-electron chi connectivity index (χ3n) is 6.07. The monoisotopic (exact) mass is 467 g/mol. The highest BCUT2D eigenvalue weighted by atomic mass is 35.5. The molecule has 4 aromatic rings. The highest BCUT2D eigenvalue weighted by Crippen LogP contribution is 2.27. The van der Waals surface area contributed by atoms with Gasteiger partial charge in [0.25, 0.3) is 0 Å². The van der Waals surface area contributed by atoms with Crippen LogP contribution in [0.25, 0.3) is 16.7 Å². The third kappa shape index (κ3) is 4.57. The lowest BCUT2D eigenvalue weighted by atomic mass is 10.2. The first-order chi connectivity index (χ1) is 16.1. The zero-order valence-corrected chi connectivity index (χ0v) is 19.5. The molecule has 9 nitrogen and oxygen atoms in total. The zero-order valence-electron chi connectivity index (χ0n) is 18.7. The van der Waals surface area contributed by atoms with Crippen LogP contribution in [0.2, 0.25) is 5.02 Å². The molecule has 1 aromatic carbocycles. The zero-order chi connectivity index (χ0) is 22.8. The van der Waals surface area contributed by atoms with Crippen molar-refractivity contribution in [2.75, 3.05) is 32.8 Å². The second kappa shape index (κ2) is 9.46. The van der Waals surface area contributed by atoms with Gasteiger partial charge in [-0.2, -0.15) is 0 Å². The molecule has 3 aromatic heterocycles. The first-order valence-electron chi connectivity index (χ1n) is 11.0. The standard InChI is InChI=1S/C23H26ClN7O2/c1-16-17(2)30(8-7-29-9-11-32-12-10-29)22-21(16)23-27-20(28-31(23)15-25-22)14-33-26-13-18-3-5-19(24)6-4-18/h3-6,13,15H,7-12,14H2,1-2H3. The van der Waals surface area contributed by atoms with E-state index in [2.05, 4.69) is 33.6 Å². The number of nitrogens with zero attached hydrogens (tertiary/aromatic N) is 7. The van der Waals surface area contributed by atoms with E-state index in [1.807, 2.05) is 24.3 Å². The van der Waals surface area contributed by atoms with E-state index in [0.717, 1.165) is 61.6 Å². The number of rotatable bonds is 7. The van der Waals surface area contributed by atoms with E-state index in [9.17, 15) is 0 Å². The molecule has 4 heterocycles. The predicted molar refractivity (Wildman–Crippen MR) is 127 cm³/mol. The number of benzene rings is 1. The van der Waals surface area contributed by atoms with Crippen molar-refractivity contribution in [1.82, 2.24) is 29.0 Å². The van der Waals surface area contributed by atoms with Gasteiger partial charge < -0.3 is 14.1 Å². The van der Waals surface area contributed by atoms with E-state index in [1.54, 1.807) is 17.1 Å². The molecule has 1 fully saturated rings. The van der Waals surface area contributed by atoms with Gasteiger partial charge in [-0.05, 0) is 37.1 Å². The van der Waals surface area contributed by atoms with E-state index in [-0.39, 0.29) is 6.61 Å². The van der Waals surface area contributed by atoms with Gasteiger partial charge in [-0.25, -0.2) is 14.5 Å². The van der Waals surface area contributed by atoms with Crippen LogP contribution in [-0.2, 0) is 22.7 Å². The molecule has 172 valence electrons. The molecule has 1 saturated heterocycles. The minimum Gasteiger partial charge on any atom is -0.387 e. The quantitative estimate of drug-likeness (QED) is 0.306. The molecule has 1 aliphatic heterocycles. The van der Waals surface area contributed by atoms with Crippen LogP contribution in [0.5, 0.6) is 0 Å². The van der Waals surface area contributed by atoms with Crippen LogP contribution in [0.4, 0.5) is 0 Å². The summed E-state index contributed by atoms with van der Waals surface area (Å²) in [6, 6.07) is 7.36. The molecule has 0 bridgehead atoms. The summed E-state index contributed by atoms with van der Waals surface area (Å²) in [6.45, 7) is 9.83. The third-order valence-corrected chi connectivity index (χ3v) is 6.33. The lowest BCUT2D eigenvalue weighted by Crippen LogP contribution is -2.38. The number of halogens is 1. The Bertz CT molecular complexity index is 1290. The van der Waals surface area contributed by atoms with Gasteiger partial charge in [0.05, 0.1) is 24.8 Å². The van der Waals surface area contributed by atoms with Crippen molar-refractivity contribution in [2.45, 2.75) is 27.0 Å². The Morgan fingerprint density at radius 2 is 1.91 bits per heavy atom. The number of oxime groups is 1. The van der Waals surface area contributed by atoms with Crippen LogP contribution in [0, 0.1) is 13.8 Å². The summed E-state index contributed by atoms with van der Waals surface area (Å²) in [4.78, 5) is 17.3. The predicted octanol–water partition coefficient (Wildman–Crippen LogP) is 3.23. The highest BCUT2D eigenvalue weighted by molar-refractivity contribution is 6.30. The Morgan fingerprint density at radius 3 is 2.70 bits per heavy atom. The van der Waals surface area contributed by atoms with Crippen molar-refractivity contribution in [3.8, 4) is 0 Å². The smallest absolute Gasteiger partial charge is 0.192 e. The topological polar surface area (TPSA) is 82.1 Å². The largest absolute Gasteiger partial charge is 0.387 e. The molecule has 0 saturated carbocycles. The molecule has 10 heteroatoms. The van der Waals surface area contributed by atoms with Gasteiger partial charge in [-0.15, -0.1) is 5.10 Å². The van der Waals surface area contributed by atoms with Gasteiger partial charge >= 0.3 is 0 Å². The van der Waals surface area contributed by atoms with Crippen molar-refractivity contribution >= 4 is 34.5 Å². The lowest BCUT2D eigenvalue weighted by Gasteiger charge is -2.26. The number of morpholine rings is 1. The van der Waals surface area contributed by atoms with E-state index in [1.165, 1.54) is 11.3 Å². The Labute approximate surface area is 196 Å². The molecule has 0 amide bonds. The average molecular weight is 468 g/mol. The van der Waals surface area contributed by atoms with Crippen molar-refractivity contribution in [3.05, 3.63) is 58.3 Å². The Morgan fingerprint density at radius 1 is 1.12 bits per heavy atom. The summed E-state index contributed by atoms with van der Waals surface area (Å²) in [7, 11) is 0. The van der Waals surface area contributed by atoms with Crippen LogP contribution in [-0.4, -0.2) is 68.1 Å². The molecule has 0 N–H and O–H groups in total. The fraction of sp³-hybridized carbons (Fsp3) is 0.391. The maximum Gasteiger partial charge on any atom is 0.192 e. The number of aryl methyl sites for hydroxylation is 1. The number of aromatic nitrogens is 5. The van der Waals surface area contributed by atoms with Gasteiger partial charge in [0.15, 0.2) is 18.1 Å². The van der Waals surface area contributed by atoms with Crippen LogP contribution in [0.1, 0.15) is 22.6 Å². The minimum absolute atomic E-state index is 0.170. The molecule has 0 aliphatic carbocycles. The number of hydrogen-bond acceptors (Lipinski definition) is 7. The average Bonchev–Trinajstić information content (AvgIpc) is 3.35. The summed E-state index contributed by atoms with van der Waals surface area (Å²) in [5, 5.41) is 10.2. The lowest BCUT2D eigenvalue weighted by molar-refractivity contribution is 0.0364. The number of hydrogen-bond donors (Lipinski definition) is 0. The molecule has 0 spiro atoms. The fourth-order valence-electron chi connectivity index (χ4n) is 4.12. The molecule has 1 aliphatic rings. The first kappa shape index (κ1) is 21.8. The molecule has 33 heavy (non-hydrogen) atoms. The second-order valence-electron chi connectivity index (χ2n) is 8.11. The van der Waals surface area contributed by atoms with E-state index < -0.39 is 0 Å². The van der Waals surface area contributed by atoms with Crippen LogP contribution in [0.3, 0.4) is 0 Å². The second-order valence-corrected chi connectivity index (χ2v) is 8.55. The fourth-order valence-corrected chi connectivity index (χ4v) is 4.24. The summed E-state index contributed by atoms with van der Waals surface area (Å²) in [5.74, 6) is 0.552. The van der Waals surface area contributed by atoms with Gasteiger partial charge in [0.2, 0.25) is 0 Å². The van der Waals surface area contributed by atoms with Gasteiger partial charge in [0.1, 0.15) is 12.0 Å². The number of ether oxygens (including phenoxy) is 1. The summed E-state index contributed by atoms with van der Waals surface area (Å²) in [6.07, 6.45) is 3.35. The molecule has 0 atom stereocenters. The van der Waals surface area contributed by atoms with E-state index >= 15 is 0 Å². The highest BCUT2D eigenvalue weighted by Gasteiger charge is 2.19. The Kier molecular flexibility index (Phi) is 6.26. The Hall–Kier alpha value is -3.01. The molecular weight excluding hydrogens is 442 g/mol. The molecule has 0 radical (unpaired) electrons. The van der Waals surface area contributed by atoms with Crippen molar-refractivity contribution in [2.24, 2.45) is 5.16 Å². The van der Waals surface area contributed by atoms with E-state index in [4.69, 9.17) is 31.1 Å². The van der Waals surface area contributed by atoms with Crippen LogP contribution < -0.4 is 0 Å². The summed E-state index contributed by atoms with van der Waals surface area (Å²) >= 11 is 5.90. The van der Waals surface area contributed by atoms with Crippen molar-refractivity contribution in [3.63, 3.8) is 0 Å². The van der Waals surface area contributed by atoms with Crippen molar-refractivity contribution < 1.29 is 9.57 Å². The molecule has 0 unspecified atom stereocenters. The first-order valence-corrected chi connectivity index (χ1v) is 11.4. The molecule has 5 rings (SSSR count). The normalized spacial score (nSPS) is 15.2.